The Morgan fingerprint density at radius 2 is 1.73 bits per heavy atom. The van der Waals surface area contributed by atoms with E-state index in [-0.39, 0.29) is 24.8 Å². The molecular weight excluding hydrogens is 406 g/mol. The van der Waals surface area contributed by atoms with Crippen LogP contribution in [-0.4, -0.2) is 54.6 Å². The van der Waals surface area contributed by atoms with E-state index in [0.717, 1.165) is 18.4 Å². The van der Waals surface area contributed by atoms with Crippen LogP contribution in [0.1, 0.15) is 45.6 Å². The number of alkyl carbamates (subject to hydrolysis) is 1. The van der Waals surface area contributed by atoms with E-state index in [1.165, 1.54) is 0 Å². The SMILES string of the molecule is CC(C)(C)OC(=O)NCCC(=O)N1CCC(CNC(=O)Cc2ccc(Cl)cc2)CC1. The molecule has 1 aliphatic rings. The summed E-state index contributed by atoms with van der Waals surface area (Å²) in [5, 5.41) is 6.25. The zero-order valence-corrected chi connectivity index (χ0v) is 18.8. The molecule has 8 heteroatoms. The molecular formula is C22H32ClN3O4. The van der Waals surface area contributed by atoms with E-state index >= 15 is 0 Å². The summed E-state index contributed by atoms with van der Waals surface area (Å²) in [4.78, 5) is 37.9. The Hall–Kier alpha value is -2.28. The summed E-state index contributed by atoms with van der Waals surface area (Å²) in [6.07, 6.45) is 1.78. The normalized spacial score (nSPS) is 14.9. The van der Waals surface area contributed by atoms with Crippen molar-refractivity contribution in [1.82, 2.24) is 15.5 Å². The lowest BCUT2D eigenvalue weighted by Crippen LogP contribution is -2.43. The monoisotopic (exact) mass is 437 g/mol. The van der Waals surface area contributed by atoms with Gasteiger partial charge in [-0.15, -0.1) is 0 Å². The lowest BCUT2D eigenvalue weighted by Gasteiger charge is -2.32. The number of benzene rings is 1. The fourth-order valence-electron chi connectivity index (χ4n) is 3.24. The van der Waals surface area contributed by atoms with Gasteiger partial charge in [-0.2, -0.15) is 0 Å². The van der Waals surface area contributed by atoms with E-state index in [1.807, 2.05) is 17.0 Å². The maximum Gasteiger partial charge on any atom is 0.407 e. The van der Waals surface area contributed by atoms with Crippen molar-refractivity contribution < 1.29 is 19.1 Å². The third-order valence-corrected chi connectivity index (χ3v) is 5.09. The number of nitrogens with zero attached hydrogens (tertiary/aromatic N) is 1. The molecule has 3 amide bonds. The summed E-state index contributed by atoms with van der Waals surface area (Å²) < 4.78 is 5.15. The molecule has 1 saturated heterocycles. The molecule has 1 fully saturated rings. The summed E-state index contributed by atoms with van der Waals surface area (Å²) in [6.45, 7) is 7.60. The summed E-state index contributed by atoms with van der Waals surface area (Å²) in [5.41, 5.74) is 0.373. The van der Waals surface area contributed by atoms with Gasteiger partial charge in [0.25, 0.3) is 0 Å². The number of hydrogen-bond donors (Lipinski definition) is 2. The molecule has 1 aromatic rings. The van der Waals surface area contributed by atoms with Crippen LogP contribution in [0, 0.1) is 5.92 Å². The molecule has 1 aromatic carbocycles. The fourth-order valence-corrected chi connectivity index (χ4v) is 3.36. The largest absolute Gasteiger partial charge is 0.444 e. The highest BCUT2D eigenvalue weighted by Crippen LogP contribution is 2.17. The van der Waals surface area contributed by atoms with Gasteiger partial charge in [-0.05, 0) is 57.2 Å². The predicted octanol–water partition coefficient (Wildman–Crippen LogP) is 3.15. The van der Waals surface area contributed by atoms with Crippen molar-refractivity contribution in [2.75, 3.05) is 26.2 Å². The van der Waals surface area contributed by atoms with Crippen LogP contribution >= 0.6 is 11.6 Å². The van der Waals surface area contributed by atoms with Crippen molar-refractivity contribution in [3.63, 3.8) is 0 Å². The maximum atomic E-state index is 12.3. The number of nitrogens with one attached hydrogen (secondary N) is 2. The van der Waals surface area contributed by atoms with Gasteiger partial charge >= 0.3 is 6.09 Å². The summed E-state index contributed by atoms with van der Waals surface area (Å²) in [7, 11) is 0. The zero-order chi connectivity index (χ0) is 22.1. The first-order valence-corrected chi connectivity index (χ1v) is 10.8. The van der Waals surface area contributed by atoms with Gasteiger partial charge in [-0.25, -0.2) is 4.79 Å². The molecule has 0 radical (unpaired) electrons. The highest BCUT2D eigenvalue weighted by molar-refractivity contribution is 6.30. The standard InChI is InChI=1S/C22H32ClN3O4/c1-22(2,3)30-21(29)24-11-8-20(28)26-12-9-17(10-13-26)15-25-19(27)14-16-4-6-18(23)7-5-16/h4-7,17H,8-15H2,1-3H3,(H,24,29)(H,25,27). The predicted molar refractivity (Wildman–Crippen MR) is 116 cm³/mol. The molecule has 0 bridgehead atoms. The van der Waals surface area contributed by atoms with Crippen LogP contribution in [0.3, 0.4) is 0 Å². The number of carbonyl (C=O) groups is 3. The number of amides is 3. The first kappa shape index (κ1) is 24.0. The topological polar surface area (TPSA) is 87.7 Å². The van der Waals surface area contributed by atoms with E-state index in [4.69, 9.17) is 16.3 Å². The number of carbonyl (C=O) groups excluding carboxylic acids is 3. The third-order valence-electron chi connectivity index (χ3n) is 4.84. The second kappa shape index (κ2) is 11.2. The highest BCUT2D eigenvalue weighted by Gasteiger charge is 2.23. The first-order valence-electron chi connectivity index (χ1n) is 10.4. The van der Waals surface area contributed by atoms with Crippen LogP contribution in [0.4, 0.5) is 4.79 Å². The second-order valence-corrected chi connectivity index (χ2v) is 9.05. The van der Waals surface area contributed by atoms with Crippen molar-refractivity contribution in [2.45, 2.75) is 52.1 Å². The van der Waals surface area contributed by atoms with Crippen LogP contribution in [0.15, 0.2) is 24.3 Å². The average molecular weight is 438 g/mol. The number of ether oxygens (including phenoxy) is 1. The van der Waals surface area contributed by atoms with Gasteiger partial charge in [0, 0.05) is 37.6 Å². The van der Waals surface area contributed by atoms with Gasteiger partial charge < -0.3 is 20.3 Å². The van der Waals surface area contributed by atoms with Crippen molar-refractivity contribution >= 4 is 29.5 Å². The first-order chi connectivity index (χ1) is 14.1. The molecule has 0 saturated carbocycles. The van der Waals surface area contributed by atoms with Gasteiger partial charge in [-0.3, -0.25) is 9.59 Å². The smallest absolute Gasteiger partial charge is 0.407 e. The fraction of sp³-hybridized carbons (Fsp3) is 0.591. The molecule has 7 nitrogen and oxygen atoms in total. The molecule has 2 rings (SSSR count). The Morgan fingerprint density at radius 3 is 2.33 bits per heavy atom. The summed E-state index contributed by atoms with van der Waals surface area (Å²) in [5.74, 6) is 0.378. The number of hydrogen-bond acceptors (Lipinski definition) is 4. The number of likely N-dealkylation sites (tertiary alicyclic amines) is 1. The van der Waals surface area contributed by atoms with Crippen LogP contribution in [0.25, 0.3) is 0 Å². The minimum Gasteiger partial charge on any atom is -0.444 e. The average Bonchev–Trinajstić information content (AvgIpc) is 2.67. The lowest BCUT2D eigenvalue weighted by atomic mass is 9.96. The third kappa shape index (κ3) is 9.03. The number of rotatable bonds is 7. The molecule has 2 N–H and O–H groups in total. The minimum atomic E-state index is -0.555. The Morgan fingerprint density at radius 1 is 1.10 bits per heavy atom. The van der Waals surface area contributed by atoms with E-state index in [2.05, 4.69) is 10.6 Å². The maximum absolute atomic E-state index is 12.3. The van der Waals surface area contributed by atoms with Crippen LogP contribution in [0.2, 0.25) is 5.02 Å². The Bertz CT molecular complexity index is 723. The van der Waals surface area contributed by atoms with Crippen molar-refractivity contribution in [2.24, 2.45) is 5.92 Å². The van der Waals surface area contributed by atoms with E-state index in [9.17, 15) is 14.4 Å². The molecule has 30 heavy (non-hydrogen) atoms. The van der Waals surface area contributed by atoms with Gasteiger partial charge in [-0.1, -0.05) is 23.7 Å². The van der Waals surface area contributed by atoms with E-state index < -0.39 is 11.7 Å². The van der Waals surface area contributed by atoms with Crippen molar-refractivity contribution in [3.8, 4) is 0 Å². The second-order valence-electron chi connectivity index (χ2n) is 8.61. The Labute approximate surface area is 183 Å². The van der Waals surface area contributed by atoms with Gasteiger partial charge in [0.2, 0.25) is 11.8 Å². The Kier molecular flexibility index (Phi) is 8.96. The van der Waals surface area contributed by atoms with Crippen molar-refractivity contribution in [1.29, 1.82) is 0 Å². The van der Waals surface area contributed by atoms with Gasteiger partial charge in [0.05, 0.1) is 6.42 Å². The molecule has 0 aromatic heterocycles. The molecule has 166 valence electrons. The quantitative estimate of drug-likeness (QED) is 0.685. The minimum absolute atomic E-state index is 0.0101. The van der Waals surface area contributed by atoms with Crippen molar-refractivity contribution in [3.05, 3.63) is 34.9 Å². The van der Waals surface area contributed by atoms with E-state index in [0.29, 0.717) is 37.0 Å². The van der Waals surface area contributed by atoms with Gasteiger partial charge in [0.1, 0.15) is 5.60 Å². The summed E-state index contributed by atoms with van der Waals surface area (Å²) >= 11 is 5.86. The lowest BCUT2D eigenvalue weighted by molar-refractivity contribution is -0.132. The summed E-state index contributed by atoms with van der Waals surface area (Å²) in [6, 6.07) is 7.26. The van der Waals surface area contributed by atoms with Gasteiger partial charge in [0.15, 0.2) is 0 Å². The molecule has 0 unspecified atom stereocenters. The molecule has 1 aliphatic heterocycles. The van der Waals surface area contributed by atoms with Crippen LogP contribution in [-0.2, 0) is 20.7 Å². The number of piperidine rings is 1. The van der Waals surface area contributed by atoms with Crippen LogP contribution < -0.4 is 10.6 Å². The molecule has 0 aliphatic carbocycles. The highest BCUT2D eigenvalue weighted by atomic mass is 35.5. The molecule has 0 atom stereocenters. The molecule has 0 spiro atoms. The van der Waals surface area contributed by atoms with Crippen LogP contribution in [0.5, 0.6) is 0 Å². The Balaban J connectivity index is 1.61. The number of halogens is 1. The molecule has 1 heterocycles. The zero-order valence-electron chi connectivity index (χ0n) is 18.0. The van der Waals surface area contributed by atoms with E-state index in [1.54, 1.807) is 32.9 Å².